The molecule has 0 unspecified atom stereocenters. The number of nitrogens with one attached hydrogen (secondary N) is 2. The van der Waals surface area contributed by atoms with E-state index in [0.717, 1.165) is 24.4 Å². The lowest BCUT2D eigenvalue weighted by molar-refractivity contribution is -0.117. The van der Waals surface area contributed by atoms with Crippen LogP contribution in [-0.2, 0) is 4.79 Å². The number of aromatic nitrogens is 2. The second-order valence-electron chi connectivity index (χ2n) is 5.05. The summed E-state index contributed by atoms with van der Waals surface area (Å²) in [6.45, 7) is 3.89. The summed E-state index contributed by atoms with van der Waals surface area (Å²) >= 11 is 1.60. The van der Waals surface area contributed by atoms with E-state index in [-0.39, 0.29) is 11.8 Å². The van der Waals surface area contributed by atoms with Gasteiger partial charge in [-0.25, -0.2) is 0 Å². The predicted molar refractivity (Wildman–Crippen MR) is 80.1 cm³/mol. The highest BCUT2D eigenvalue weighted by atomic mass is 32.1. The largest absolute Gasteiger partial charge is 0.315 e. The van der Waals surface area contributed by atoms with Crippen molar-refractivity contribution in [2.24, 2.45) is 0 Å². The molecule has 2 atom stereocenters. The summed E-state index contributed by atoms with van der Waals surface area (Å²) < 4.78 is 1.94. The zero-order valence-electron chi connectivity index (χ0n) is 11.4. The molecule has 3 rings (SSSR count). The average Bonchev–Trinajstić information content (AvgIpc) is 3.19. The van der Waals surface area contributed by atoms with Gasteiger partial charge in [0.15, 0.2) is 5.82 Å². The molecule has 0 radical (unpaired) electrons. The van der Waals surface area contributed by atoms with Crippen LogP contribution >= 0.6 is 11.3 Å². The second-order valence-corrected chi connectivity index (χ2v) is 6.03. The standard InChI is InChI=1S/C14H18N4OS/c1-10(12-3-2-8-20-12)14(19)16-13-5-7-18(17-13)11-4-6-15-9-11/h2-3,5,7-8,10-11,15H,4,6,9H2,1H3,(H,16,17,19)/t10-,11+/m0/s1. The number of carbonyl (C=O) groups is 1. The van der Waals surface area contributed by atoms with Crippen molar-refractivity contribution < 1.29 is 4.79 Å². The van der Waals surface area contributed by atoms with Crippen molar-refractivity contribution in [1.82, 2.24) is 15.1 Å². The van der Waals surface area contributed by atoms with Crippen LogP contribution in [-0.4, -0.2) is 28.8 Å². The van der Waals surface area contributed by atoms with Gasteiger partial charge in [0.2, 0.25) is 5.91 Å². The van der Waals surface area contributed by atoms with Crippen LogP contribution < -0.4 is 10.6 Å². The molecule has 0 spiro atoms. The number of thiophene rings is 1. The Balaban J connectivity index is 1.64. The number of anilines is 1. The van der Waals surface area contributed by atoms with Gasteiger partial charge in [0.25, 0.3) is 0 Å². The smallest absolute Gasteiger partial charge is 0.233 e. The molecular weight excluding hydrogens is 272 g/mol. The highest BCUT2D eigenvalue weighted by Crippen LogP contribution is 2.22. The summed E-state index contributed by atoms with van der Waals surface area (Å²) in [4.78, 5) is 13.2. The summed E-state index contributed by atoms with van der Waals surface area (Å²) in [5.74, 6) is 0.473. The molecule has 0 saturated carbocycles. The number of carbonyl (C=O) groups excluding carboxylic acids is 1. The van der Waals surface area contributed by atoms with E-state index >= 15 is 0 Å². The van der Waals surface area contributed by atoms with Gasteiger partial charge in [-0.3, -0.25) is 9.48 Å². The molecule has 3 heterocycles. The monoisotopic (exact) mass is 290 g/mol. The Morgan fingerprint density at radius 3 is 3.20 bits per heavy atom. The van der Waals surface area contributed by atoms with Crippen molar-refractivity contribution in [2.45, 2.75) is 25.3 Å². The zero-order chi connectivity index (χ0) is 13.9. The highest BCUT2D eigenvalue weighted by Gasteiger charge is 2.19. The summed E-state index contributed by atoms with van der Waals surface area (Å²) in [6.07, 6.45) is 3.02. The molecule has 5 nitrogen and oxygen atoms in total. The normalized spacial score (nSPS) is 19.9. The molecule has 1 fully saturated rings. The van der Waals surface area contributed by atoms with Crippen molar-refractivity contribution in [3.8, 4) is 0 Å². The van der Waals surface area contributed by atoms with Crippen LogP contribution in [0.4, 0.5) is 5.82 Å². The second kappa shape index (κ2) is 5.76. The van der Waals surface area contributed by atoms with E-state index in [2.05, 4.69) is 15.7 Å². The molecule has 1 amide bonds. The lowest BCUT2D eigenvalue weighted by Gasteiger charge is -2.10. The molecule has 20 heavy (non-hydrogen) atoms. The van der Waals surface area contributed by atoms with Crippen molar-refractivity contribution in [3.05, 3.63) is 34.7 Å². The van der Waals surface area contributed by atoms with E-state index < -0.39 is 0 Å². The third kappa shape index (κ3) is 2.76. The Morgan fingerprint density at radius 1 is 1.60 bits per heavy atom. The minimum Gasteiger partial charge on any atom is -0.315 e. The SMILES string of the molecule is C[C@H](C(=O)Nc1ccn([C@@H]2CCNC2)n1)c1cccs1. The van der Waals surface area contributed by atoms with Crippen LogP contribution in [0, 0.1) is 0 Å². The van der Waals surface area contributed by atoms with Crippen LogP contribution in [0.3, 0.4) is 0 Å². The first-order chi connectivity index (χ1) is 9.74. The summed E-state index contributed by atoms with van der Waals surface area (Å²) in [6, 6.07) is 6.20. The van der Waals surface area contributed by atoms with E-state index in [4.69, 9.17) is 0 Å². The number of amides is 1. The van der Waals surface area contributed by atoms with Gasteiger partial charge in [-0.15, -0.1) is 11.3 Å². The van der Waals surface area contributed by atoms with Crippen molar-refractivity contribution in [3.63, 3.8) is 0 Å². The molecule has 1 saturated heterocycles. The Labute approximate surface area is 122 Å². The first-order valence-corrected chi connectivity index (χ1v) is 7.72. The van der Waals surface area contributed by atoms with Gasteiger partial charge >= 0.3 is 0 Å². The van der Waals surface area contributed by atoms with Gasteiger partial charge in [-0.05, 0) is 31.3 Å². The first-order valence-electron chi connectivity index (χ1n) is 6.84. The number of hydrogen-bond acceptors (Lipinski definition) is 4. The van der Waals surface area contributed by atoms with Gasteiger partial charge in [0.1, 0.15) is 0 Å². The van der Waals surface area contributed by atoms with Gasteiger partial charge in [0, 0.05) is 23.7 Å². The highest BCUT2D eigenvalue weighted by molar-refractivity contribution is 7.10. The topological polar surface area (TPSA) is 59.0 Å². The molecule has 1 aliphatic rings. The lowest BCUT2D eigenvalue weighted by atomic mass is 10.1. The van der Waals surface area contributed by atoms with Gasteiger partial charge < -0.3 is 10.6 Å². The van der Waals surface area contributed by atoms with Crippen molar-refractivity contribution in [1.29, 1.82) is 0 Å². The Morgan fingerprint density at radius 2 is 2.50 bits per heavy atom. The zero-order valence-corrected chi connectivity index (χ0v) is 12.2. The van der Waals surface area contributed by atoms with Gasteiger partial charge in [-0.2, -0.15) is 5.10 Å². The quantitative estimate of drug-likeness (QED) is 0.907. The minimum absolute atomic E-state index is 0.0118. The fraction of sp³-hybridized carbons (Fsp3) is 0.429. The van der Waals surface area contributed by atoms with E-state index in [9.17, 15) is 4.79 Å². The number of rotatable bonds is 4. The fourth-order valence-electron chi connectivity index (χ4n) is 2.37. The maximum atomic E-state index is 12.2. The van der Waals surface area contributed by atoms with E-state index in [0.29, 0.717) is 11.9 Å². The molecule has 0 aromatic carbocycles. The maximum absolute atomic E-state index is 12.2. The average molecular weight is 290 g/mol. The molecule has 1 aliphatic heterocycles. The summed E-state index contributed by atoms with van der Waals surface area (Å²) in [5, 5.41) is 12.6. The summed E-state index contributed by atoms with van der Waals surface area (Å²) in [7, 11) is 0. The van der Waals surface area contributed by atoms with Gasteiger partial charge in [-0.1, -0.05) is 6.07 Å². The van der Waals surface area contributed by atoms with Crippen LogP contribution in [0.25, 0.3) is 0 Å². The van der Waals surface area contributed by atoms with Crippen molar-refractivity contribution in [2.75, 3.05) is 18.4 Å². The van der Waals surface area contributed by atoms with Crippen LogP contribution in [0.2, 0.25) is 0 Å². The van der Waals surface area contributed by atoms with E-state index in [1.54, 1.807) is 11.3 Å². The van der Waals surface area contributed by atoms with Gasteiger partial charge in [0.05, 0.1) is 12.0 Å². The maximum Gasteiger partial charge on any atom is 0.233 e. The Hall–Kier alpha value is -1.66. The Bertz CT molecular complexity index is 572. The van der Waals surface area contributed by atoms with E-state index in [1.165, 1.54) is 0 Å². The minimum atomic E-state index is -0.145. The molecule has 0 bridgehead atoms. The Kier molecular flexibility index (Phi) is 3.84. The summed E-state index contributed by atoms with van der Waals surface area (Å²) in [5.41, 5.74) is 0. The number of hydrogen-bond donors (Lipinski definition) is 2. The molecule has 0 aliphatic carbocycles. The van der Waals surface area contributed by atoms with Crippen LogP contribution in [0.1, 0.15) is 30.2 Å². The van der Waals surface area contributed by atoms with E-state index in [1.807, 2.05) is 41.4 Å². The van der Waals surface area contributed by atoms with Crippen LogP contribution in [0.15, 0.2) is 29.8 Å². The molecule has 106 valence electrons. The molecule has 2 N–H and O–H groups in total. The van der Waals surface area contributed by atoms with Crippen LogP contribution in [0.5, 0.6) is 0 Å². The predicted octanol–water partition coefficient (Wildman–Crippen LogP) is 2.22. The van der Waals surface area contributed by atoms with Crippen molar-refractivity contribution >= 4 is 23.1 Å². The molecular formula is C14H18N4OS. The molecule has 2 aromatic heterocycles. The first kappa shape index (κ1) is 13.3. The number of nitrogens with zero attached hydrogens (tertiary/aromatic N) is 2. The third-order valence-electron chi connectivity index (χ3n) is 3.63. The fourth-order valence-corrected chi connectivity index (χ4v) is 3.16. The third-order valence-corrected chi connectivity index (χ3v) is 4.69. The molecule has 2 aromatic rings. The lowest BCUT2D eigenvalue weighted by Crippen LogP contribution is -2.19. The molecule has 6 heteroatoms.